The van der Waals surface area contributed by atoms with Crippen molar-refractivity contribution in [2.45, 2.75) is 58.8 Å². The van der Waals surface area contributed by atoms with Gasteiger partial charge in [0.25, 0.3) is 0 Å². The Balaban J connectivity index is 2.54. The normalized spacial score (nSPS) is 16.4. The van der Waals surface area contributed by atoms with E-state index in [1.807, 2.05) is 0 Å². The van der Waals surface area contributed by atoms with Crippen LogP contribution in [-0.2, 0) is 0 Å². The van der Waals surface area contributed by atoms with E-state index in [1.54, 1.807) is 11.1 Å². The molecule has 1 aliphatic rings. The van der Waals surface area contributed by atoms with Crippen LogP contribution in [0.15, 0.2) is 21.7 Å². The predicted molar refractivity (Wildman–Crippen MR) is 67.7 cm³/mol. The van der Waals surface area contributed by atoms with Crippen molar-refractivity contribution in [1.29, 1.82) is 0 Å². The number of halogens is 1. The molecule has 0 atom stereocenters. The van der Waals surface area contributed by atoms with E-state index in [0.29, 0.717) is 0 Å². The first kappa shape index (κ1) is 12.0. The van der Waals surface area contributed by atoms with Crippen LogP contribution in [0.4, 0.5) is 0 Å². The molecule has 0 saturated heterocycles. The standard InChI is InChI=1S/C13H21Br/c1-3-5-7-11-9-10-13(14)12(11)8-6-4-2/h10H,3-9H2,1-2H3. The second kappa shape index (κ2) is 6.44. The SMILES string of the molecule is CCCCC1=C(CCCC)C(Br)=CC1. The Bertz CT molecular complexity index is 236. The van der Waals surface area contributed by atoms with Gasteiger partial charge in [0.05, 0.1) is 0 Å². The molecule has 0 fully saturated rings. The average Bonchev–Trinajstić information content (AvgIpc) is 2.53. The fourth-order valence-corrected chi connectivity index (χ4v) is 2.56. The molecular weight excluding hydrogens is 236 g/mol. The van der Waals surface area contributed by atoms with Gasteiger partial charge in [-0.3, -0.25) is 0 Å². The van der Waals surface area contributed by atoms with Gasteiger partial charge in [-0.1, -0.05) is 54.3 Å². The molecule has 0 saturated carbocycles. The van der Waals surface area contributed by atoms with Crippen LogP contribution < -0.4 is 0 Å². The van der Waals surface area contributed by atoms with Crippen molar-refractivity contribution in [2.75, 3.05) is 0 Å². The highest BCUT2D eigenvalue weighted by Gasteiger charge is 2.14. The molecule has 0 aromatic heterocycles. The van der Waals surface area contributed by atoms with Crippen molar-refractivity contribution in [1.82, 2.24) is 0 Å². The molecule has 1 rings (SSSR count). The number of hydrogen-bond donors (Lipinski definition) is 0. The molecule has 0 bridgehead atoms. The van der Waals surface area contributed by atoms with Gasteiger partial charge in [0.2, 0.25) is 0 Å². The summed E-state index contributed by atoms with van der Waals surface area (Å²) in [6.45, 7) is 4.53. The van der Waals surface area contributed by atoms with E-state index in [0.717, 1.165) is 0 Å². The lowest BCUT2D eigenvalue weighted by Crippen LogP contribution is -1.88. The van der Waals surface area contributed by atoms with E-state index in [4.69, 9.17) is 0 Å². The van der Waals surface area contributed by atoms with Crippen molar-refractivity contribution in [3.63, 3.8) is 0 Å². The predicted octanol–water partition coefficient (Wildman–Crippen LogP) is 5.35. The fraction of sp³-hybridized carbons (Fsp3) is 0.692. The molecule has 1 aliphatic carbocycles. The number of unbranched alkanes of at least 4 members (excludes halogenated alkanes) is 2. The summed E-state index contributed by atoms with van der Waals surface area (Å²) in [5.74, 6) is 0. The minimum absolute atomic E-state index is 1.19. The fourth-order valence-electron chi connectivity index (χ4n) is 1.92. The Kier molecular flexibility index (Phi) is 5.54. The summed E-state index contributed by atoms with van der Waals surface area (Å²) < 4.78 is 1.37. The third-order valence-corrected chi connectivity index (χ3v) is 3.66. The Hall–Kier alpha value is -0.0400. The minimum atomic E-state index is 1.19. The summed E-state index contributed by atoms with van der Waals surface area (Å²) >= 11 is 3.67. The van der Waals surface area contributed by atoms with E-state index in [9.17, 15) is 0 Å². The zero-order chi connectivity index (χ0) is 10.4. The molecule has 0 aliphatic heterocycles. The van der Waals surface area contributed by atoms with Gasteiger partial charge in [-0.15, -0.1) is 0 Å². The molecule has 0 heterocycles. The van der Waals surface area contributed by atoms with Crippen LogP contribution in [0.1, 0.15) is 58.8 Å². The topological polar surface area (TPSA) is 0 Å². The number of rotatable bonds is 6. The molecule has 0 N–H and O–H groups in total. The van der Waals surface area contributed by atoms with Gasteiger partial charge in [-0.25, -0.2) is 0 Å². The molecule has 1 heteroatoms. The molecule has 0 spiro atoms. The van der Waals surface area contributed by atoms with E-state index in [2.05, 4.69) is 35.9 Å². The van der Waals surface area contributed by atoms with Crippen molar-refractivity contribution >= 4 is 15.9 Å². The smallest absolute Gasteiger partial charge is 0.0170 e. The first-order chi connectivity index (χ1) is 6.79. The van der Waals surface area contributed by atoms with Crippen LogP contribution in [-0.4, -0.2) is 0 Å². The quantitative estimate of drug-likeness (QED) is 0.602. The summed E-state index contributed by atoms with van der Waals surface area (Å²) in [7, 11) is 0. The highest BCUT2D eigenvalue weighted by molar-refractivity contribution is 9.12. The van der Waals surface area contributed by atoms with Gasteiger partial charge >= 0.3 is 0 Å². The van der Waals surface area contributed by atoms with Gasteiger partial charge < -0.3 is 0 Å². The first-order valence-corrected chi connectivity index (χ1v) is 6.65. The molecule has 0 nitrogen and oxygen atoms in total. The largest absolute Gasteiger partial charge is 0.0659 e. The van der Waals surface area contributed by atoms with Crippen LogP contribution in [0.5, 0.6) is 0 Å². The summed E-state index contributed by atoms with van der Waals surface area (Å²) in [6, 6.07) is 0. The van der Waals surface area contributed by atoms with Crippen molar-refractivity contribution < 1.29 is 0 Å². The summed E-state index contributed by atoms with van der Waals surface area (Å²) in [6.07, 6.45) is 11.4. The maximum Gasteiger partial charge on any atom is 0.0170 e. The summed E-state index contributed by atoms with van der Waals surface area (Å²) in [4.78, 5) is 0. The van der Waals surface area contributed by atoms with Crippen molar-refractivity contribution in [3.8, 4) is 0 Å². The maximum atomic E-state index is 3.67. The van der Waals surface area contributed by atoms with Gasteiger partial charge in [-0.05, 0) is 37.7 Å². The van der Waals surface area contributed by atoms with Crippen molar-refractivity contribution in [2.24, 2.45) is 0 Å². The third-order valence-electron chi connectivity index (χ3n) is 2.86. The Morgan fingerprint density at radius 1 is 1.14 bits per heavy atom. The lowest BCUT2D eigenvalue weighted by molar-refractivity contribution is 0.751. The molecule has 0 radical (unpaired) electrons. The van der Waals surface area contributed by atoms with E-state index >= 15 is 0 Å². The highest BCUT2D eigenvalue weighted by Crippen LogP contribution is 2.36. The molecule has 0 aromatic rings. The lowest BCUT2D eigenvalue weighted by Gasteiger charge is -2.07. The average molecular weight is 257 g/mol. The molecular formula is C13H21Br. The summed E-state index contributed by atoms with van der Waals surface area (Å²) in [5, 5.41) is 0. The van der Waals surface area contributed by atoms with Crippen LogP contribution in [0.3, 0.4) is 0 Å². The van der Waals surface area contributed by atoms with Gasteiger partial charge in [0.1, 0.15) is 0 Å². The van der Waals surface area contributed by atoms with Gasteiger partial charge in [0, 0.05) is 4.48 Å². The Morgan fingerprint density at radius 3 is 2.43 bits per heavy atom. The van der Waals surface area contributed by atoms with Crippen LogP contribution in [0.2, 0.25) is 0 Å². The summed E-state index contributed by atoms with van der Waals surface area (Å²) in [5.41, 5.74) is 3.30. The van der Waals surface area contributed by atoms with E-state index < -0.39 is 0 Å². The third kappa shape index (κ3) is 3.27. The van der Waals surface area contributed by atoms with Crippen LogP contribution in [0.25, 0.3) is 0 Å². The highest BCUT2D eigenvalue weighted by atomic mass is 79.9. The van der Waals surface area contributed by atoms with Crippen LogP contribution >= 0.6 is 15.9 Å². The Labute approximate surface area is 96.6 Å². The monoisotopic (exact) mass is 256 g/mol. The van der Waals surface area contributed by atoms with E-state index in [-0.39, 0.29) is 0 Å². The second-order valence-corrected chi connectivity index (χ2v) is 4.90. The Morgan fingerprint density at radius 2 is 1.79 bits per heavy atom. The lowest BCUT2D eigenvalue weighted by atomic mass is 10.0. The molecule has 0 aromatic carbocycles. The molecule has 0 unspecified atom stereocenters. The van der Waals surface area contributed by atoms with Crippen molar-refractivity contribution in [3.05, 3.63) is 21.7 Å². The maximum absolute atomic E-state index is 3.67. The van der Waals surface area contributed by atoms with Gasteiger partial charge in [-0.2, -0.15) is 0 Å². The second-order valence-electron chi connectivity index (χ2n) is 4.05. The zero-order valence-corrected chi connectivity index (χ0v) is 11.0. The number of hydrogen-bond acceptors (Lipinski definition) is 0. The molecule has 14 heavy (non-hydrogen) atoms. The van der Waals surface area contributed by atoms with Gasteiger partial charge in [0.15, 0.2) is 0 Å². The molecule has 80 valence electrons. The zero-order valence-electron chi connectivity index (χ0n) is 9.41. The minimum Gasteiger partial charge on any atom is -0.0659 e. The van der Waals surface area contributed by atoms with E-state index in [1.165, 1.54) is 49.4 Å². The molecule has 0 amide bonds. The van der Waals surface area contributed by atoms with Crippen LogP contribution in [0, 0.1) is 0 Å². The first-order valence-electron chi connectivity index (χ1n) is 5.86. The number of allylic oxidation sites excluding steroid dienone is 4.